The van der Waals surface area contributed by atoms with E-state index < -0.39 is 0 Å². The van der Waals surface area contributed by atoms with Crippen LogP contribution in [0.3, 0.4) is 0 Å². The summed E-state index contributed by atoms with van der Waals surface area (Å²) >= 11 is 1.79. The molecule has 0 bridgehead atoms. The molecule has 0 saturated carbocycles. The largest absolute Gasteiger partial charge is 0.512 e. The van der Waals surface area contributed by atoms with Crippen LogP contribution in [0.2, 0.25) is 0 Å². The number of ketones is 1. The van der Waals surface area contributed by atoms with E-state index in [1.807, 2.05) is 27.7 Å². The number of benzene rings is 4. The Morgan fingerprint density at radius 1 is 0.854 bits per heavy atom. The average Bonchev–Trinajstić information content (AvgIpc) is 3.46. The second-order valence-electron chi connectivity index (χ2n) is 13.7. The van der Waals surface area contributed by atoms with Crippen LogP contribution in [-0.4, -0.2) is 20.9 Å². The molecule has 1 radical (unpaired) electrons. The van der Waals surface area contributed by atoms with Gasteiger partial charge in [-0.3, -0.25) is 9.78 Å². The number of aromatic nitrogens is 2. The molecule has 0 aliphatic heterocycles. The van der Waals surface area contributed by atoms with Crippen molar-refractivity contribution in [1.29, 1.82) is 0 Å². The Hall–Kier alpha value is -3.44. The summed E-state index contributed by atoms with van der Waals surface area (Å²) in [5, 5.41) is 17.1. The molecule has 6 heteroatoms. The molecule has 0 spiro atoms. The number of aliphatic hydroxyl groups excluding tert-OH is 1. The van der Waals surface area contributed by atoms with Crippen molar-refractivity contribution < 1.29 is 30.0 Å². The van der Waals surface area contributed by atoms with Crippen molar-refractivity contribution in [2.24, 2.45) is 17.3 Å². The van der Waals surface area contributed by atoms with Gasteiger partial charge in [-0.1, -0.05) is 102 Å². The number of aliphatic hydroxyl groups is 1. The zero-order valence-electron chi connectivity index (χ0n) is 29.2. The maximum absolute atomic E-state index is 11.7. The van der Waals surface area contributed by atoms with Gasteiger partial charge in [0.15, 0.2) is 5.78 Å². The van der Waals surface area contributed by atoms with E-state index in [4.69, 9.17) is 9.97 Å². The van der Waals surface area contributed by atoms with Crippen LogP contribution in [0.1, 0.15) is 79.7 Å². The molecule has 0 aliphatic rings. The van der Waals surface area contributed by atoms with Crippen LogP contribution in [-0.2, 0) is 31.3 Å². The fourth-order valence-corrected chi connectivity index (χ4v) is 7.64. The Labute approximate surface area is 303 Å². The van der Waals surface area contributed by atoms with Crippen LogP contribution >= 0.6 is 11.3 Å². The number of allylic oxidation sites excluding steroid dienone is 2. The van der Waals surface area contributed by atoms with Gasteiger partial charge in [0.25, 0.3) is 0 Å². The van der Waals surface area contributed by atoms with Gasteiger partial charge in [-0.25, -0.2) is 4.98 Å². The van der Waals surface area contributed by atoms with Crippen molar-refractivity contribution in [1.82, 2.24) is 9.97 Å². The summed E-state index contributed by atoms with van der Waals surface area (Å²) < 4.78 is 1.33. The van der Waals surface area contributed by atoms with Gasteiger partial charge in [0.05, 0.1) is 5.76 Å². The third-order valence-corrected chi connectivity index (χ3v) is 10.3. The Bertz CT molecular complexity index is 2050. The summed E-state index contributed by atoms with van der Waals surface area (Å²) in [7, 11) is 0. The van der Waals surface area contributed by atoms with Gasteiger partial charge in [-0.15, -0.1) is 40.5 Å². The van der Waals surface area contributed by atoms with Crippen LogP contribution in [0.5, 0.6) is 0 Å². The summed E-state index contributed by atoms with van der Waals surface area (Å²) in [4.78, 5) is 22.2. The van der Waals surface area contributed by atoms with Gasteiger partial charge in [0.2, 0.25) is 0 Å². The summed E-state index contributed by atoms with van der Waals surface area (Å²) in [5.74, 6) is 0.547. The summed E-state index contributed by atoms with van der Waals surface area (Å²) in [6, 6.07) is 27.2. The van der Waals surface area contributed by atoms with Crippen molar-refractivity contribution >= 4 is 59.0 Å². The SMILES string of the molecule is CC(C)(C)Cc1cc2ccccc2c2c1sc1ncnc(-c3[c-]cc4ccccc4c3)c12.CCC(CC)C(=O)/C=C(\O)C(CC)CC.[Ir]. The Morgan fingerprint density at radius 2 is 1.48 bits per heavy atom. The van der Waals surface area contributed by atoms with E-state index in [9.17, 15) is 9.90 Å². The molecular formula is C42H47IrN2O2S-. The molecular weight excluding hydrogens is 789 g/mol. The van der Waals surface area contributed by atoms with E-state index in [-0.39, 0.29) is 48.9 Å². The zero-order valence-corrected chi connectivity index (χ0v) is 32.4. The van der Waals surface area contributed by atoms with Crippen molar-refractivity contribution in [3.8, 4) is 11.3 Å². The van der Waals surface area contributed by atoms with E-state index in [2.05, 4.69) is 93.6 Å². The predicted molar refractivity (Wildman–Crippen MR) is 201 cm³/mol. The molecule has 0 unspecified atom stereocenters. The predicted octanol–water partition coefficient (Wildman–Crippen LogP) is 12.1. The zero-order chi connectivity index (χ0) is 33.7. The monoisotopic (exact) mass is 836 g/mol. The average molecular weight is 836 g/mol. The van der Waals surface area contributed by atoms with Gasteiger partial charge in [-0.05, 0) is 59.9 Å². The number of carbonyl (C=O) groups excluding carboxylic acids is 1. The molecule has 2 aromatic heterocycles. The standard InChI is InChI=1S/C29H23N2S.C13H24O2.Ir/c1-29(2,3)16-22-15-20-10-6-7-11-23(20)24-25-26(30-17-31-28(25)32-27(22)24)21-13-12-18-8-4-5-9-19(18)14-21;1-5-10(6-2)12(14)9-13(15)11(7-3)8-4;/h4-12,14-15,17H,16H2,1-3H3;9-11,14H,5-8H2,1-4H3;/q-1;;/b;12-9-;. The molecule has 4 nitrogen and oxygen atoms in total. The van der Waals surface area contributed by atoms with E-state index >= 15 is 0 Å². The second kappa shape index (κ2) is 16.3. The first kappa shape index (κ1) is 37.4. The van der Waals surface area contributed by atoms with Crippen LogP contribution in [0.25, 0.3) is 53.1 Å². The number of fused-ring (bicyclic) bond motifs is 6. The van der Waals surface area contributed by atoms with Gasteiger partial charge < -0.3 is 5.11 Å². The Morgan fingerprint density at radius 3 is 2.12 bits per heavy atom. The maximum atomic E-state index is 11.7. The molecule has 48 heavy (non-hydrogen) atoms. The number of nitrogens with zero attached hydrogens (tertiary/aromatic N) is 2. The van der Waals surface area contributed by atoms with Crippen LogP contribution in [0, 0.1) is 23.3 Å². The first-order valence-corrected chi connectivity index (χ1v) is 17.8. The van der Waals surface area contributed by atoms with E-state index in [0.29, 0.717) is 0 Å². The Balaban J connectivity index is 0.000000279. The van der Waals surface area contributed by atoms with Crippen molar-refractivity contribution in [2.75, 3.05) is 0 Å². The van der Waals surface area contributed by atoms with Crippen LogP contribution in [0.4, 0.5) is 0 Å². The van der Waals surface area contributed by atoms with Gasteiger partial charge in [0, 0.05) is 59.2 Å². The smallest absolute Gasteiger partial charge is 0.162 e. The molecule has 1 N–H and O–H groups in total. The first-order valence-electron chi connectivity index (χ1n) is 17.0. The molecule has 0 amide bonds. The molecule has 0 aliphatic carbocycles. The van der Waals surface area contributed by atoms with Crippen molar-refractivity contribution in [2.45, 2.75) is 80.6 Å². The number of carbonyl (C=O) groups is 1. The Kier molecular flexibility index (Phi) is 12.7. The maximum Gasteiger partial charge on any atom is 0.162 e. The fraction of sp³-hybridized carbons (Fsp3) is 0.357. The normalized spacial score (nSPS) is 12.1. The molecule has 2 heterocycles. The van der Waals surface area contributed by atoms with E-state index in [0.717, 1.165) is 53.6 Å². The van der Waals surface area contributed by atoms with Gasteiger partial charge in [0.1, 0.15) is 11.2 Å². The molecule has 0 fully saturated rings. The summed E-state index contributed by atoms with van der Waals surface area (Å²) in [5.41, 5.74) is 3.57. The third-order valence-electron chi connectivity index (χ3n) is 9.08. The van der Waals surface area contributed by atoms with Gasteiger partial charge >= 0.3 is 0 Å². The molecule has 6 rings (SSSR count). The summed E-state index contributed by atoms with van der Waals surface area (Å²) in [6.07, 6.45) is 7.62. The number of rotatable bonds is 9. The van der Waals surface area contributed by atoms with Gasteiger partial charge in [-0.2, -0.15) is 0 Å². The van der Waals surface area contributed by atoms with Crippen molar-refractivity contribution in [3.05, 3.63) is 96.5 Å². The molecule has 0 saturated heterocycles. The summed E-state index contributed by atoms with van der Waals surface area (Å²) in [6.45, 7) is 15.0. The van der Waals surface area contributed by atoms with Crippen LogP contribution in [0.15, 0.2) is 84.9 Å². The first-order chi connectivity index (χ1) is 22.6. The van der Waals surface area contributed by atoms with E-state index in [1.165, 1.54) is 43.3 Å². The quantitative estimate of drug-likeness (QED) is 0.0895. The minimum Gasteiger partial charge on any atom is -0.512 e. The minimum atomic E-state index is 0. The van der Waals surface area contributed by atoms with Crippen molar-refractivity contribution in [3.63, 3.8) is 0 Å². The van der Waals surface area contributed by atoms with E-state index in [1.54, 1.807) is 17.7 Å². The minimum absolute atomic E-state index is 0. The number of thiophene rings is 1. The molecule has 6 aromatic rings. The molecule has 253 valence electrons. The molecule has 4 aromatic carbocycles. The fourth-order valence-electron chi connectivity index (χ4n) is 6.47. The molecule has 0 atom stereocenters. The topological polar surface area (TPSA) is 63.1 Å². The second-order valence-corrected chi connectivity index (χ2v) is 14.7. The number of hydrogen-bond donors (Lipinski definition) is 1. The van der Waals surface area contributed by atoms with Crippen LogP contribution < -0.4 is 0 Å². The number of hydrogen-bond acceptors (Lipinski definition) is 5. The third kappa shape index (κ3) is 8.22.